The lowest BCUT2D eigenvalue weighted by molar-refractivity contribution is -0.139. The van der Waals surface area contributed by atoms with E-state index in [-0.39, 0.29) is 11.8 Å². The largest absolute Gasteiger partial charge is 0.444 e. The fourth-order valence-electron chi connectivity index (χ4n) is 2.46. The van der Waals surface area contributed by atoms with E-state index < -0.39 is 23.3 Å². The lowest BCUT2D eigenvalue weighted by Gasteiger charge is -2.40. The second kappa shape index (κ2) is 5.44. The van der Waals surface area contributed by atoms with Gasteiger partial charge in [-0.15, -0.1) is 0 Å². The number of nitrogens with one attached hydrogen (secondary N) is 1. The molecule has 2 fully saturated rings. The summed E-state index contributed by atoms with van der Waals surface area (Å²) in [5.74, 6) is -0.367. The molecule has 2 rings (SSSR count). The minimum absolute atomic E-state index is 0.0935. The zero-order valence-corrected chi connectivity index (χ0v) is 13.9. The molecule has 0 radical (unpaired) electrons. The molecule has 0 aromatic carbocycles. The van der Waals surface area contributed by atoms with E-state index in [4.69, 9.17) is 4.74 Å². The van der Waals surface area contributed by atoms with Crippen LogP contribution in [-0.4, -0.2) is 65.5 Å². The molecule has 0 unspecified atom stereocenters. The van der Waals surface area contributed by atoms with E-state index in [1.807, 2.05) is 0 Å². The SMILES string of the molecule is CN(C)C(=O)C1(NC(=O)[C@H]2CCN2C(=O)OC(C)(C)C)CC1. The molecule has 1 heterocycles. The summed E-state index contributed by atoms with van der Waals surface area (Å²) in [6.45, 7) is 5.86. The summed E-state index contributed by atoms with van der Waals surface area (Å²) < 4.78 is 5.29. The van der Waals surface area contributed by atoms with Crippen LogP contribution in [0.15, 0.2) is 0 Å². The van der Waals surface area contributed by atoms with E-state index in [1.165, 1.54) is 9.80 Å². The second-order valence-electron chi connectivity index (χ2n) is 7.25. The van der Waals surface area contributed by atoms with Crippen LogP contribution in [0, 0.1) is 0 Å². The molecule has 0 bridgehead atoms. The first-order chi connectivity index (χ1) is 10.1. The van der Waals surface area contributed by atoms with Crippen molar-refractivity contribution >= 4 is 17.9 Å². The molecule has 0 aromatic heterocycles. The van der Waals surface area contributed by atoms with Crippen molar-refractivity contribution in [2.45, 2.75) is 57.2 Å². The van der Waals surface area contributed by atoms with Crippen molar-refractivity contribution in [1.29, 1.82) is 0 Å². The van der Waals surface area contributed by atoms with Gasteiger partial charge in [0.15, 0.2) is 0 Å². The van der Waals surface area contributed by atoms with Crippen LogP contribution in [0.5, 0.6) is 0 Å². The van der Waals surface area contributed by atoms with E-state index >= 15 is 0 Å². The Labute approximate surface area is 131 Å². The van der Waals surface area contributed by atoms with E-state index in [9.17, 15) is 14.4 Å². The van der Waals surface area contributed by atoms with Gasteiger partial charge in [0.25, 0.3) is 0 Å². The first-order valence-electron chi connectivity index (χ1n) is 7.59. The molecule has 22 heavy (non-hydrogen) atoms. The molecule has 3 amide bonds. The van der Waals surface area contributed by atoms with Gasteiger partial charge < -0.3 is 15.0 Å². The third-order valence-corrected chi connectivity index (χ3v) is 3.88. The fraction of sp³-hybridized carbons (Fsp3) is 0.800. The highest BCUT2D eigenvalue weighted by Crippen LogP contribution is 2.37. The van der Waals surface area contributed by atoms with Crippen LogP contribution in [0.25, 0.3) is 0 Å². The Morgan fingerprint density at radius 2 is 1.82 bits per heavy atom. The molecule has 0 aromatic rings. The standard InChI is InChI=1S/C15H25N3O4/c1-14(2,3)22-13(21)18-9-6-10(18)11(19)16-15(7-8-15)12(20)17(4)5/h10H,6-9H2,1-5H3,(H,16,19)/t10-/m1/s1. The number of amides is 3. The molecular formula is C15H25N3O4. The van der Waals surface area contributed by atoms with Crippen LogP contribution in [0.4, 0.5) is 4.79 Å². The number of nitrogens with zero attached hydrogens (tertiary/aromatic N) is 2. The van der Waals surface area contributed by atoms with E-state index in [0.29, 0.717) is 25.8 Å². The maximum atomic E-state index is 12.4. The van der Waals surface area contributed by atoms with Crippen molar-refractivity contribution in [3.8, 4) is 0 Å². The molecule has 124 valence electrons. The van der Waals surface area contributed by atoms with Crippen LogP contribution in [0.1, 0.15) is 40.0 Å². The van der Waals surface area contributed by atoms with Gasteiger partial charge in [-0.25, -0.2) is 4.79 Å². The predicted octanol–water partition coefficient (Wildman–Crippen LogP) is 0.733. The molecule has 1 aliphatic heterocycles. The van der Waals surface area contributed by atoms with Crippen LogP contribution in [-0.2, 0) is 14.3 Å². The minimum atomic E-state index is -0.768. The Bertz CT molecular complexity index is 492. The molecule has 1 saturated heterocycles. The monoisotopic (exact) mass is 311 g/mol. The number of hydrogen-bond acceptors (Lipinski definition) is 4. The fourth-order valence-corrected chi connectivity index (χ4v) is 2.46. The summed E-state index contributed by atoms with van der Waals surface area (Å²) in [5, 5.41) is 2.82. The molecule has 1 saturated carbocycles. The first-order valence-corrected chi connectivity index (χ1v) is 7.59. The Hall–Kier alpha value is -1.79. The van der Waals surface area contributed by atoms with Gasteiger partial charge in [0.05, 0.1) is 0 Å². The average Bonchev–Trinajstić information content (AvgIpc) is 3.04. The van der Waals surface area contributed by atoms with Gasteiger partial charge in [-0.2, -0.15) is 0 Å². The number of carbonyl (C=O) groups is 3. The predicted molar refractivity (Wildman–Crippen MR) is 80.1 cm³/mol. The number of likely N-dealkylation sites (N-methyl/N-ethyl adjacent to an activating group) is 1. The molecular weight excluding hydrogens is 286 g/mol. The normalized spacial score (nSPS) is 22.4. The van der Waals surface area contributed by atoms with Crippen LogP contribution >= 0.6 is 0 Å². The van der Waals surface area contributed by atoms with Crippen LogP contribution < -0.4 is 5.32 Å². The van der Waals surface area contributed by atoms with Gasteiger partial charge in [-0.3, -0.25) is 14.5 Å². The molecule has 0 spiro atoms. The quantitative estimate of drug-likeness (QED) is 0.833. The summed E-state index contributed by atoms with van der Waals surface area (Å²) in [7, 11) is 3.34. The van der Waals surface area contributed by atoms with Crippen molar-refractivity contribution in [1.82, 2.24) is 15.1 Å². The van der Waals surface area contributed by atoms with Gasteiger partial charge >= 0.3 is 6.09 Å². The second-order valence-corrected chi connectivity index (χ2v) is 7.25. The Morgan fingerprint density at radius 3 is 2.18 bits per heavy atom. The Morgan fingerprint density at radius 1 is 1.23 bits per heavy atom. The summed E-state index contributed by atoms with van der Waals surface area (Å²) in [6.07, 6.45) is 1.41. The molecule has 7 heteroatoms. The molecule has 1 atom stereocenters. The van der Waals surface area contributed by atoms with Gasteiger partial charge in [0, 0.05) is 20.6 Å². The Kier molecular flexibility index (Phi) is 4.10. The number of rotatable bonds is 3. The molecule has 7 nitrogen and oxygen atoms in total. The first kappa shape index (κ1) is 16.6. The zero-order chi connectivity index (χ0) is 16.7. The van der Waals surface area contributed by atoms with E-state index in [1.54, 1.807) is 34.9 Å². The van der Waals surface area contributed by atoms with Gasteiger partial charge in [0.1, 0.15) is 17.2 Å². The lowest BCUT2D eigenvalue weighted by Crippen LogP contribution is -2.62. The van der Waals surface area contributed by atoms with Gasteiger partial charge in [-0.05, 0) is 40.0 Å². The number of ether oxygens (including phenoxy) is 1. The summed E-state index contributed by atoms with van der Waals surface area (Å²) >= 11 is 0. The minimum Gasteiger partial charge on any atom is -0.444 e. The van der Waals surface area contributed by atoms with Crippen molar-refractivity contribution in [2.24, 2.45) is 0 Å². The van der Waals surface area contributed by atoms with E-state index in [2.05, 4.69) is 5.32 Å². The Balaban J connectivity index is 1.94. The van der Waals surface area contributed by atoms with Crippen molar-refractivity contribution < 1.29 is 19.1 Å². The maximum absolute atomic E-state index is 12.4. The highest BCUT2D eigenvalue weighted by Gasteiger charge is 2.53. The van der Waals surface area contributed by atoms with Crippen molar-refractivity contribution in [3.63, 3.8) is 0 Å². The molecule has 2 aliphatic rings. The van der Waals surface area contributed by atoms with E-state index in [0.717, 1.165) is 0 Å². The summed E-state index contributed by atoms with van der Waals surface area (Å²) in [6, 6.07) is -0.540. The number of likely N-dealkylation sites (tertiary alicyclic amines) is 1. The lowest BCUT2D eigenvalue weighted by atomic mass is 10.0. The summed E-state index contributed by atoms with van der Waals surface area (Å²) in [5.41, 5.74) is -1.36. The molecule has 1 N–H and O–H groups in total. The van der Waals surface area contributed by atoms with Gasteiger partial charge in [-0.1, -0.05) is 0 Å². The molecule has 1 aliphatic carbocycles. The summed E-state index contributed by atoms with van der Waals surface area (Å²) in [4.78, 5) is 39.4. The third kappa shape index (κ3) is 3.34. The number of carbonyl (C=O) groups excluding carboxylic acids is 3. The number of hydrogen-bond donors (Lipinski definition) is 1. The van der Waals surface area contributed by atoms with Crippen molar-refractivity contribution in [3.05, 3.63) is 0 Å². The highest BCUT2D eigenvalue weighted by molar-refractivity contribution is 5.96. The van der Waals surface area contributed by atoms with Gasteiger partial charge in [0.2, 0.25) is 11.8 Å². The smallest absolute Gasteiger partial charge is 0.410 e. The third-order valence-electron chi connectivity index (χ3n) is 3.88. The van der Waals surface area contributed by atoms with Crippen LogP contribution in [0.3, 0.4) is 0 Å². The average molecular weight is 311 g/mol. The van der Waals surface area contributed by atoms with Crippen LogP contribution in [0.2, 0.25) is 0 Å². The zero-order valence-electron chi connectivity index (χ0n) is 13.9. The topological polar surface area (TPSA) is 79.0 Å². The van der Waals surface area contributed by atoms with Crippen molar-refractivity contribution in [2.75, 3.05) is 20.6 Å². The maximum Gasteiger partial charge on any atom is 0.410 e. The highest BCUT2D eigenvalue weighted by atomic mass is 16.6.